The van der Waals surface area contributed by atoms with Gasteiger partial charge in [-0.1, -0.05) is 6.07 Å². The summed E-state index contributed by atoms with van der Waals surface area (Å²) in [5.74, 6) is -1.39. The number of rotatable bonds is 3. The number of aromatic hydroxyl groups is 1. The molecule has 0 aromatic heterocycles. The average molecular weight is 198 g/mol. The molecule has 0 heterocycles. The van der Waals surface area contributed by atoms with Crippen LogP contribution in [0, 0.1) is 0 Å². The predicted octanol–water partition coefficient (Wildman–Crippen LogP) is 0.644. The topological polar surface area (TPSA) is 69.9 Å². The van der Waals surface area contributed by atoms with Crippen LogP contribution < -0.4 is 4.74 Å². The van der Waals surface area contributed by atoms with Crippen LogP contribution in [-0.4, -0.2) is 28.2 Å². The molecule has 4 nitrogen and oxygen atoms in total. The van der Waals surface area contributed by atoms with E-state index in [9.17, 15) is 5.11 Å². The Morgan fingerprint density at radius 3 is 2.50 bits per heavy atom. The van der Waals surface area contributed by atoms with E-state index in [1.807, 2.05) is 0 Å². The highest BCUT2D eigenvalue weighted by molar-refractivity contribution is 5.41. The molecule has 0 saturated heterocycles. The molecule has 0 aliphatic heterocycles. The van der Waals surface area contributed by atoms with Crippen molar-refractivity contribution in [3.63, 3.8) is 0 Å². The number of benzene rings is 1. The lowest BCUT2D eigenvalue weighted by Gasteiger charge is -2.16. The number of hydrogen-bond acceptors (Lipinski definition) is 4. The molecule has 0 bridgehead atoms. The van der Waals surface area contributed by atoms with Gasteiger partial charge in [0.25, 0.3) is 0 Å². The van der Waals surface area contributed by atoms with Gasteiger partial charge in [0.2, 0.25) is 0 Å². The van der Waals surface area contributed by atoms with Crippen molar-refractivity contribution in [1.29, 1.82) is 0 Å². The SMILES string of the molecule is COc1cc(CC(C)(O)O)ccc1O. The first-order valence-corrected chi connectivity index (χ1v) is 4.23. The van der Waals surface area contributed by atoms with E-state index >= 15 is 0 Å². The molecule has 0 aliphatic carbocycles. The first-order chi connectivity index (χ1) is 6.42. The summed E-state index contributed by atoms with van der Waals surface area (Å²) in [6.07, 6.45) is 0.0869. The normalized spacial score (nSPS) is 11.4. The predicted molar refractivity (Wildman–Crippen MR) is 51.2 cm³/mol. The molecule has 1 aromatic rings. The van der Waals surface area contributed by atoms with Crippen LogP contribution in [0.25, 0.3) is 0 Å². The first kappa shape index (κ1) is 10.8. The van der Waals surface area contributed by atoms with E-state index in [4.69, 9.17) is 14.9 Å². The monoisotopic (exact) mass is 198 g/mol. The average Bonchev–Trinajstić information content (AvgIpc) is 2.06. The van der Waals surface area contributed by atoms with E-state index in [-0.39, 0.29) is 12.2 Å². The Labute approximate surface area is 82.4 Å². The van der Waals surface area contributed by atoms with Gasteiger partial charge < -0.3 is 20.1 Å². The Morgan fingerprint density at radius 2 is 2.00 bits per heavy atom. The summed E-state index contributed by atoms with van der Waals surface area (Å²) >= 11 is 0. The van der Waals surface area contributed by atoms with Crippen molar-refractivity contribution in [1.82, 2.24) is 0 Å². The highest BCUT2D eigenvalue weighted by atomic mass is 16.5. The zero-order chi connectivity index (χ0) is 10.8. The minimum absolute atomic E-state index is 0.0360. The summed E-state index contributed by atoms with van der Waals surface area (Å²) in [5.41, 5.74) is 0.687. The van der Waals surface area contributed by atoms with Gasteiger partial charge in [-0.05, 0) is 24.6 Å². The lowest BCUT2D eigenvalue weighted by atomic mass is 10.1. The van der Waals surface area contributed by atoms with Gasteiger partial charge in [0, 0.05) is 6.42 Å². The van der Waals surface area contributed by atoms with E-state index in [2.05, 4.69) is 0 Å². The number of phenols is 1. The molecular weight excluding hydrogens is 184 g/mol. The third-order valence-electron chi connectivity index (χ3n) is 1.78. The van der Waals surface area contributed by atoms with E-state index < -0.39 is 5.79 Å². The highest BCUT2D eigenvalue weighted by Crippen LogP contribution is 2.27. The fourth-order valence-electron chi connectivity index (χ4n) is 1.22. The fraction of sp³-hybridized carbons (Fsp3) is 0.400. The molecule has 14 heavy (non-hydrogen) atoms. The number of methoxy groups -OCH3 is 1. The van der Waals surface area contributed by atoms with Crippen molar-refractivity contribution in [3.8, 4) is 11.5 Å². The second-order valence-electron chi connectivity index (χ2n) is 3.40. The summed E-state index contributed by atoms with van der Waals surface area (Å²) in [6.45, 7) is 1.30. The van der Waals surface area contributed by atoms with Crippen LogP contribution in [0.4, 0.5) is 0 Å². The molecule has 1 rings (SSSR count). The van der Waals surface area contributed by atoms with Crippen LogP contribution in [0.3, 0.4) is 0 Å². The number of hydrogen-bond donors (Lipinski definition) is 3. The third-order valence-corrected chi connectivity index (χ3v) is 1.78. The van der Waals surface area contributed by atoms with Gasteiger partial charge in [0.05, 0.1) is 7.11 Å². The van der Waals surface area contributed by atoms with E-state index in [1.165, 1.54) is 20.1 Å². The molecule has 78 valence electrons. The quantitative estimate of drug-likeness (QED) is 0.623. The molecular formula is C10H14O4. The van der Waals surface area contributed by atoms with E-state index in [1.54, 1.807) is 12.1 Å². The zero-order valence-electron chi connectivity index (χ0n) is 8.19. The summed E-state index contributed by atoms with van der Waals surface area (Å²) in [6, 6.07) is 4.64. The smallest absolute Gasteiger partial charge is 0.163 e. The summed E-state index contributed by atoms with van der Waals surface area (Å²) in [5, 5.41) is 27.6. The number of aliphatic hydroxyl groups is 2. The van der Waals surface area contributed by atoms with Crippen LogP contribution in [0.5, 0.6) is 11.5 Å². The lowest BCUT2D eigenvalue weighted by molar-refractivity contribution is -0.142. The Kier molecular flexibility index (Phi) is 2.98. The van der Waals surface area contributed by atoms with Gasteiger partial charge in [0.15, 0.2) is 17.3 Å². The molecule has 0 spiro atoms. The van der Waals surface area contributed by atoms with Crippen LogP contribution in [-0.2, 0) is 6.42 Å². The lowest BCUT2D eigenvalue weighted by Crippen LogP contribution is -2.25. The second kappa shape index (κ2) is 3.86. The number of ether oxygens (including phenoxy) is 1. The molecule has 0 radical (unpaired) electrons. The molecule has 3 N–H and O–H groups in total. The Hall–Kier alpha value is -1.26. The molecule has 0 amide bonds. The van der Waals surface area contributed by atoms with Crippen LogP contribution in [0.1, 0.15) is 12.5 Å². The molecule has 4 heteroatoms. The van der Waals surface area contributed by atoms with Gasteiger partial charge in [-0.3, -0.25) is 0 Å². The van der Waals surface area contributed by atoms with E-state index in [0.717, 1.165) is 0 Å². The van der Waals surface area contributed by atoms with Crippen molar-refractivity contribution >= 4 is 0 Å². The molecule has 0 fully saturated rings. The Morgan fingerprint density at radius 1 is 1.36 bits per heavy atom. The van der Waals surface area contributed by atoms with Crippen LogP contribution >= 0.6 is 0 Å². The molecule has 0 aliphatic rings. The van der Waals surface area contributed by atoms with Gasteiger partial charge in [-0.25, -0.2) is 0 Å². The van der Waals surface area contributed by atoms with Crippen molar-refractivity contribution in [2.24, 2.45) is 0 Å². The first-order valence-electron chi connectivity index (χ1n) is 4.23. The maximum atomic E-state index is 9.28. The highest BCUT2D eigenvalue weighted by Gasteiger charge is 2.16. The van der Waals surface area contributed by atoms with Gasteiger partial charge in [-0.15, -0.1) is 0 Å². The molecule has 0 saturated carbocycles. The van der Waals surface area contributed by atoms with Crippen molar-refractivity contribution in [2.75, 3.05) is 7.11 Å². The Bertz CT molecular complexity index is 314. The fourth-order valence-corrected chi connectivity index (χ4v) is 1.22. The minimum atomic E-state index is -1.75. The van der Waals surface area contributed by atoms with Gasteiger partial charge in [-0.2, -0.15) is 0 Å². The number of phenolic OH excluding ortho intramolecular Hbond substituents is 1. The molecule has 0 unspecified atom stereocenters. The minimum Gasteiger partial charge on any atom is -0.504 e. The maximum absolute atomic E-state index is 9.28. The molecule has 0 atom stereocenters. The molecule has 1 aromatic carbocycles. The largest absolute Gasteiger partial charge is 0.504 e. The van der Waals surface area contributed by atoms with Crippen molar-refractivity contribution in [3.05, 3.63) is 23.8 Å². The summed E-state index contributed by atoms with van der Waals surface area (Å²) in [7, 11) is 1.44. The van der Waals surface area contributed by atoms with Crippen LogP contribution in [0.2, 0.25) is 0 Å². The maximum Gasteiger partial charge on any atom is 0.163 e. The second-order valence-corrected chi connectivity index (χ2v) is 3.40. The van der Waals surface area contributed by atoms with Crippen molar-refractivity contribution in [2.45, 2.75) is 19.1 Å². The summed E-state index contributed by atoms with van der Waals surface area (Å²) < 4.78 is 4.89. The summed E-state index contributed by atoms with van der Waals surface area (Å²) in [4.78, 5) is 0. The van der Waals surface area contributed by atoms with Gasteiger partial charge >= 0.3 is 0 Å². The van der Waals surface area contributed by atoms with Crippen LogP contribution in [0.15, 0.2) is 18.2 Å². The van der Waals surface area contributed by atoms with E-state index in [0.29, 0.717) is 11.3 Å². The third kappa shape index (κ3) is 2.90. The zero-order valence-corrected chi connectivity index (χ0v) is 8.19. The van der Waals surface area contributed by atoms with Crippen molar-refractivity contribution < 1.29 is 20.1 Å². The van der Waals surface area contributed by atoms with Gasteiger partial charge in [0.1, 0.15) is 0 Å². The standard InChI is InChI=1S/C10H14O4/c1-10(12,13)6-7-3-4-8(11)9(5-7)14-2/h3-5,11-13H,6H2,1-2H3. The Balaban J connectivity index is 2.90.